The Balaban J connectivity index is 3.25. The molecular formula is C10H9O2. The molecule has 0 aliphatic carbocycles. The second kappa shape index (κ2) is 3.91. The minimum absolute atomic E-state index is 0.110. The first-order valence-corrected chi connectivity index (χ1v) is 3.50. The van der Waals surface area contributed by atoms with Crippen LogP contribution in [0.25, 0.3) is 0 Å². The van der Waals surface area contributed by atoms with E-state index in [0.29, 0.717) is 16.7 Å². The minimum atomic E-state index is -0.110. The summed E-state index contributed by atoms with van der Waals surface area (Å²) in [4.78, 5) is 0. The lowest BCUT2D eigenvalue weighted by atomic mass is 10.0. The molecule has 1 aromatic rings. The van der Waals surface area contributed by atoms with Gasteiger partial charge in [0.1, 0.15) is 6.61 Å². The molecule has 0 saturated carbocycles. The van der Waals surface area contributed by atoms with E-state index in [0.717, 1.165) is 6.61 Å². The Bertz CT molecular complexity index is 288. The third-order valence-corrected chi connectivity index (χ3v) is 1.64. The molecule has 0 aliphatic heterocycles. The van der Waals surface area contributed by atoms with Gasteiger partial charge in [-0.2, -0.15) is 0 Å². The summed E-state index contributed by atoms with van der Waals surface area (Å²) in [5.41, 5.74) is 1.76. The van der Waals surface area contributed by atoms with E-state index in [2.05, 4.69) is 5.92 Å². The molecule has 1 radical (unpaired) electrons. The zero-order valence-electron chi connectivity index (χ0n) is 6.49. The zero-order chi connectivity index (χ0) is 8.97. The number of hydrogen-bond acceptors (Lipinski definition) is 2. The maximum atomic E-state index is 8.88. The first-order valence-electron chi connectivity index (χ1n) is 3.50. The SMILES string of the molecule is C#Cc1c([CH]O)cccc1CO. The highest BCUT2D eigenvalue weighted by atomic mass is 16.3. The Morgan fingerprint density at radius 2 is 2.25 bits per heavy atom. The highest BCUT2D eigenvalue weighted by molar-refractivity contribution is 5.48. The van der Waals surface area contributed by atoms with Gasteiger partial charge in [-0.15, -0.1) is 6.42 Å². The average Bonchev–Trinajstić information content (AvgIpc) is 2.16. The fourth-order valence-corrected chi connectivity index (χ4v) is 1.04. The molecule has 0 fully saturated rings. The minimum Gasteiger partial charge on any atom is -0.392 e. The van der Waals surface area contributed by atoms with Gasteiger partial charge in [-0.05, 0) is 11.1 Å². The number of hydrogen-bond donors (Lipinski definition) is 2. The van der Waals surface area contributed by atoms with Crippen LogP contribution in [0.3, 0.4) is 0 Å². The lowest BCUT2D eigenvalue weighted by molar-refractivity contribution is 0.281. The summed E-state index contributed by atoms with van der Waals surface area (Å²) in [6, 6.07) is 5.14. The van der Waals surface area contributed by atoms with E-state index in [1.165, 1.54) is 0 Å². The van der Waals surface area contributed by atoms with E-state index in [4.69, 9.17) is 16.6 Å². The second-order valence-electron chi connectivity index (χ2n) is 2.31. The van der Waals surface area contributed by atoms with Gasteiger partial charge < -0.3 is 10.2 Å². The predicted octanol–water partition coefficient (Wildman–Crippen LogP) is 1.04. The number of terminal acetylenes is 1. The van der Waals surface area contributed by atoms with Crippen molar-refractivity contribution in [2.75, 3.05) is 0 Å². The van der Waals surface area contributed by atoms with Crippen molar-refractivity contribution in [3.63, 3.8) is 0 Å². The molecule has 0 bridgehead atoms. The average molecular weight is 161 g/mol. The van der Waals surface area contributed by atoms with Crippen molar-refractivity contribution in [3.8, 4) is 12.3 Å². The molecule has 2 N–H and O–H groups in total. The zero-order valence-corrected chi connectivity index (χ0v) is 6.49. The van der Waals surface area contributed by atoms with Crippen LogP contribution < -0.4 is 0 Å². The van der Waals surface area contributed by atoms with Crippen molar-refractivity contribution in [1.82, 2.24) is 0 Å². The number of aliphatic hydroxyl groups excluding tert-OH is 2. The highest BCUT2D eigenvalue weighted by Crippen LogP contribution is 2.14. The van der Waals surface area contributed by atoms with Crippen LogP contribution in [-0.4, -0.2) is 10.2 Å². The second-order valence-corrected chi connectivity index (χ2v) is 2.31. The third-order valence-electron chi connectivity index (χ3n) is 1.64. The summed E-state index contributed by atoms with van der Waals surface area (Å²) in [6.45, 7) is 0.829. The fourth-order valence-electron chi connectivity index (χ4n) is 1.04. The first-order chi connectivity index (χ1) is 5.83. The van der Waals surface area contributed by atoms with Gasteiger partial charge in [0.25, 0.3) is 0 Å². The van der Waals surface area contributed by atoms with E-state index >= 15 is 0 Å². The molecule has 0 saturated heterocycles. The van der Waals surface area contributed by atoms with Crippen LogP contribution in [0.2, 0.25) is 0 Å². The van der Waals surface area contributed by atoms with Crippen molar-refractivity contribution >= 4 is 0 Å². The summed E-state index contributed by atoms with van der Waals surface area (Å²) in [5, 5.41) is 17.6. The summed E-state index contributed by atoms with van der Waals surface area (Å²) >= 11 is 0. The fraction of sp³-hybridized carbons (Fsp3) is 0.100. The molecule has 2 nitrogen and oxygen atoms in total. The maximum absolute atomic E-state index is 8.88. The lowest BCUT2D eigenvalue weighted by Gasteiger charge is -2.04. The van der Waals surface area contributed by atoms with Gasteiger partial charge in [0, 0.05) is 5.56 Å². The molecule has 0 atom stereocenters. The Hall–Kier alpha value is -1.30. The number of aliphatic hydroxyl groups is 2. The molecule has 2 heteroatoms. The molecule has 61 valence electrons. The molecular weight excluding hydrogens is 152 g/mol. The van der Waals surface area contributed by atoms with Gasteiger partial charge >= 0.3 is 0 Å². The van der Waals surface area contributed by atoms with Crippen molar-refractivity contribution in [1.29, 1.82) is 0 Å². The van der Waals surface area contributed by atoms with Crippen molar-refractivity contribution < 1.29 is 10.2 Å². The highest BCUT2D eigenvalue weighted by Gasteiger charge is 2.03. The number of benzene rings is 1. The summed E-state index contributed by atoms with van der Waals surface area (Å²) in [6.07, 6.45) is 5.21. The van der Waals surface area contributed by atoms with Gasteiger partial charge in [0.2, 0.25) is 0 Å². The topological polar surface area (TPSA) is 40.5 Å². The molecule has 0 heterocycles. The first kappa shape index (κ1) is 8.79. The van der Waals surface area contributed by atoms with Crippen LogP contribution in [-0.2, 0) is 6.61 Å². The van der Waals surface area contributed by atoms with E-state index in [1.807, 2.05) is 0 Å². The van der Waals surface area contributed by atoms with Crippen molar-refractivity contribution in [2.24, 2.45) is 0 Å². The monoisotopic (exact) mass is 161 g/mol. The molecule has 0 unspecified atom stereocenters. The van der Waals surface area contributed by atoms with E-state index in [9.17, 15) is 0 Å². The lowest BCUT2D eigenvalue weighted by Crippen LogP contribution is -1.94. The predicted molar refractivity (Wildman–Crippen MR) is 45.6 cm³/mol. The van der Waals surface area contributed by atoms with E-state index < -0.39 is 0 Å². The summed E-state index contributed by atoms with van der Waals surface area (Å²) in [5.74, 6) is 2.41. The van der Waals surface area contributed by atoms with Crippen LogP contribution in [0, 0.1) is 19.0 Å². The van der Waals surface area contributed by atoms with Crippen LogP contribution >= 0.6 is 0 Å². The van der Waals surface area contributed by atoms with E-state index in [-0.39, 0.29) is 6.61 Å². The Kier molecular flexibility index (Phi) is 2.87. The van der Waals surface area contributed by atoms with Crippen molar-refractivity contribution in [3.05, 3.63) is 41.5 Å². The summed E-state index contributed by atoms with van der Waals surface area (Å²) in [7, 11) is 0. The third kappa shape index (κ3) is 1.48. The molecule has 0 spiro atoms. The molecule has 12 heavy (non-hydrogen) atoms. The maximum Gasteiger partial charge on any atom is 0.110 e. The van der Waals surface area contributed by atoms with Crippen molar-refractivity contribution in [2.45, 2.75) is 6.61 Å². The number of rotatable bonds is 2. The van der Waals surface area contributed by atoms with Gasteiger partial charge in [-0.25, -0.2) is 0 Å². The van der Waals surface area contributed by atoms with Crippen LogP contribution in [0.5, 0.6) is 0 Å². The van der Waals surface area contributed by atoms with Gasteiger partial charge in [0.05, 0.1) is 6.61 Å². The molecule has 0 aromatic heterocycles. The standard InChI is InChI=1S/C10H9O2/c1-2-10-8(6-11)4-3-5-9(10)7-12/h1,3-6,11-12H,7H2. The molecule has 0 amide bonds. The van der Waals surface area contributed by atoms with Gasteiger partial charge in [0.15, 0.2) is 0 Å². The summed E-state index contributed by atoms with van der Waals surface area (Å²) < 4.78 is 0. The van der Waals surface area contributed by atoms with Crippen LogP contribution in [0.4, 0.5) is 0 Å². The quantitative estimate of drug-likeness (QED) is 0.636. The normalized spacial score (nSPS) is 9.42. The smallest absolute Gasteiger partial charge is 0.110 e. The van der Waals surface area contributed by atoms with Crippen LogP contribution in [0.1, 0.15) is 16.7 Å². The molecule has 1 aromatic carbocycles. The molecule has 0 aliphatic rings. The van der Waals surface area contributed by atoms with Gasteiger partial charge in [-0.1, -0.05) is 24.1 Å². The Morgan fingerprint density at radius 3 is 2.75 bits per heavy atom. The van der Waals surface area contributed by atoms with Crippen LogP contribution in [0.15, 0.2) is 18.2 Å². The Labute approximate surface area is 71.5 Å². The molecule has 1 rings (SSSR count). The Morgan fingerprint density at radius 1 is 1.50 bits per heavy atom. The van der Waals surface area contributed by atoms with Gasteiger partial charge in [-0.3, -0.25) is 0 Å². The largest absolute Gasteiger partial charge is 0.392 e. The van der Waals surface area contributed by atoms with E-state index in [1.54, 1.807) is 18.2 Å².